The van der Waals surface area contributed by atoms with Gasteiger partial charge in [0, 0.05) is 31.3 Å². The summed E-state index contributed by atoms with van der Waals surface area (Å²) < 4.78 is 0.560. The zero-order chi connectivity index (χ0) is 33.6. The van der Waals surface area contributed by atoms with Crippen LogP contribution >= 0.6 is 0 Å². The van der Waals surface area contributed by atoms with Gasteiger partial charge in [-0.25, -0.2) is 0 Å². The van der Waals surface area contributed by atoms with Gasteiger partial charge >= 0.3 is 0 Å². The minimum atomic E-state index is -0.902. The molecule has 0 aliphatic carbocycles. The maximum atomic E-state index is 13.2. The molecule has 0 fully saturated rings. The summed E-state index contributed by atoms with van der Waals surface area (Å²) in [6.45, 7) is 17.3. The van der Waals surface area contributed by atoms with E-state index in [0.29, 0.717) is 30.7 Å². The Morgan fingerprint density at radius 2 is 1.34 bits per heavy atom. The summed E-state index contributed by atoms with van der Waals surface area (Å²) in [5, 5.41) is 28.4. The first kappa shape index (κ1) is 38.3. The number of nitrogens with one attached hydrogen (secondary N) is 6. The van der Waals surface area contributed by atoms with E-state index in [2.05, 4.69) is 31.9 Å². The summed E-state index contributed by atoms with van der Waals surface area (Å²) in [7, 11) is 0. The molecule has 1 aromatic rings. The van der Waals surface area contributed by atoms with Crippen LogP contribution in [0.5, 0.6) is 0 Å². The summed E-state index contributed by atoms with van der Waals surface area (Å²) in [6, 6.07) is -0.702. The molecular weight excluding hydrogens is 566 g/mol. The van der Waals surface area contributed by atoms with Crippen LogP contribution in [0.4, 0.5) is 0 Å². The van der Waals surface area contributed by atoms with Gasteiger partial charge in [-0.1, -0.05) is 48.0 Å². The van der Waals surface area contributed by atoms with Crippen molar-refractivity contribution in [3.63, 3.8) is 0 Å². The third-order valence-electron chi connectivity index (χ3n) is 7.36. The second-order valence-corrected chi connectivity index (χ2v) is 12.1. The highest BCUT2D eigenvalue weighted by Gasteiger charge is 2.30. The predicted molar refractivity (Wildman–Crippen MR) is 168 cm³/mol. The lowest BCUT2D eigenvalue weighted by molar-refractivity contribution is -0.605. The summed E-state index contributed by atoms with van der Waals surface area (Å²) >= 11 is 0. The highest BCUT2D eigenvalue weighted by Crippen LogP contribution is 2.11. The van der Waals surface area contributed by atoms with Crippen molar-refractivity contribution in [3.8, 4) is 0 Å². The van der Waals surface area contributed by atoms with E-state index in [4.69, 9.17) is 0 Å². The maximum Gasteiger partial charge on any atom is 0.252 e. The molecule has 5 amide bonds. The van der Waals surface area contributed by atoms with E-state index in [1.807, 2.05) is 48.5 Å². The second kappa shape index (κ2) is 18.8. The quantitative estimate of drug-likeness (QED) is 0.103. The topological polar surface area (TPSA) is 184 Å². The first-order chi connectivity index (χ1) is 20.6. The highest BCUT2D eigenvalue weighted by molar-refractivity contribution is 5.98. The van der Waals surface area contributed by atoms with Gasteiger partial charge in [-0.05, 0) is 44.9 Å². The lowest BCUT2D eigenvalue weighted by Crippen LogP contribution is -2.57. The van der Waals surface area contributed by atoms with Crippen LogP contribution in [-0.4, -0.2) is 72.8 Å². The fourth-order valence-corrected chi connectivity index (χ4v) is 4.46. The van der Waals surface area contributed by atoms with Crippen molar-refractivity contribution in [1.29, 1.82) is 0 Å². The first-order valence-electron chi connectivity index (χ1n) is 15.5. The minimum absolute atomic E-state index is 0.0972. The monoisotopic (exact) mass is 619 g/mol. The van der Waals surface area contributed by atoms with Gasteiger partial charge in [0.2, 0.25) is 23.6 Å². The van der Waals surface area contributed by atoms with E-state index in [1.165, 1.54) is 24.5 Å². The van der Waals surface area contributed by atoms with Crippen LogP contribution in [0.3, 0.4) is 0 Å². The van der Waals surface area contributed by atoms with Gasteiger partial charge in [0.15, 0.2) is 12.4 Å². The zero-order valence-corrected chi connectivity index (χ0v) is 27.7. The molecule has 1 heterocycles. The molecule has 13 heteroatoms. The molecule has 44 heavy (non-hydrogen) atoms. The molecule has 0 radical (unpaired) electrons. The van der Waals surface area contributed by atoms with Gasteiger partial charge in [-0.2, -0.15) is 4.73 Å². The molecule has 0 saturated carbocycles. The number of hydrogen-bond acceptors (Lipinski definition) is 7. The molecular formula is C31H53N7O6. The van der Waals surface area contributed by atoms with Gasteiger partial charge < -0.3 is 37.1 Å². The Morgan fingerprint density at radius 3 is 1.86 bits per heavy atom. The van der Waals surface area contributed by atoms with Crippen LogP contribution in [-0.2, 0) is 19.2 Å². The van der Waals surface area contributed by atoms with Crippen molar-refractivity contribution in [3.05, 3.63) is 35.3 Å². The summed E-state index contributed by atoms with van der Waals surface area (Å²) in [6.07, 6.45) is 3.62. The number of carbonyl (C=O) groups excluding carboxylic acids is 5. The van der Waals surface area contributed by atoms with Gasteiger partial charge in [-0.15, -0.1) is 0 Å². The summed E-state index contributed by atoms with van der Waals surface area (Å²) in [4.78, 5) is 64.3. The Bertz CT molecular complexity index is 1100. The zero-order valence-electron chi connectivity index (χ0n) is 27.7. The Hall–Kier alpha value is -3.74. The molecule has 6 N–H and O–H groups in total. The van der Waals surface area contributed by atoms with Crippen LogP contribution in [0, 0.1) is 23.0 Å². The largest absolute Gasteiger partial charge is 0.619 e. The summed E-state index contributed by atoms with van der Waals surface area (Å²) in [5.74, 6) is -2.07. The Labute approximate surface area is 261 Å². The second-order valence-electron chi connectivity index (χ2n) is 12.1. The number of aromatic nitrogens is 1. The van der Waals surface area contributed by atoms with Crippen molar-refractivity contribution < 1.29 is 28.7 Å². The molecule has 0 aliphatic rings. The van der Waals surface area contributed by atoms with Gasteiger partial charge in [0.25, 0.3) is 5.91 Å². The third kappa shape index (κ3) is 12.9. The number of hydrogen-bond donors (Lipinski definition) is 6. The number of likely N-dealkylation sites (N-methyl/N-ethyl adjacent to an activating group) is 1. The molecule has 13 nitrogen and oxygen atoms in total. The van der Waals surface area contributed by atoms with Gasteiger partial charge in [-0.3, -0.25) is 24.0 Å². The average Bonchev–Trinajstić information content (AvgIpc) is 2.96. The van der Waals surface area contributed by atoms with Crippen LogP contribution < -0.4 is 36.6 Å². The molecule has 0 spiro atoms. The molecule has 1 rings (SSSR count). The fraction of sp³-hybridized carbons (Fsp3) is 0.677. The Kier molecular flexibility index (Phi) is 16.4. The standard InChI is InChI=1S/C31H53N7O6/c1-10-20(7)26(37-29(41)23-12-14-38(44)15-13-23)31(43)34-22(9)28(40)35-24(16-18(3)4)17-33-21(8)27(39)36-25(19(5)6)30(42)32-11-2/h12-15,18-22,24-26,33H,10-11,16-17H2,1-9H3,(H,32,42)(H,34,43)(H,35,40)(H,36,39)(H,37,41)/t20-,21-,22-,24-,25-,26-/m0/s1. The van der Waals surface area contributed by atoms with Crippen molar-refractivity contribution in [2.24, 2.45) is 17.8 Å². The molecule has 0 aliphatic heterocycles. The van der Waals surface area contributed by atoms with E-state index >= 15 is 0 Å². The highest BCUT2D eigenvalue weighted by atomic mass is 16.5. The van der Waals surface area contributed by atoms with Crippen LogP contribution in [0.2, 0.25) is 0 Å². The molecule has 0 aromatic carbocycles. The molecule has 248 valence electrons. The van der Waals surface area contributed by atoms with E-state index in [0.717, 1.165) is 0 Å². The molecule has 6 atom stereocenters. The van der Waals surface area contributed by atoms with Crippen LogP contribution in [0.15, 0.2) is 24.5 Å². The Balaban J connectivity index is 2.84. The molecule has 1 aromatic heterocycles. The molecule has 0 unspecified atom stereocenters. The summed E-state index contributed by atoms with van der Waals surface area (Å²) in [5.41, 5.74) is 0.236. The van der Waals surface area contributed by atoms with Crippen LogP contribution in [0.25, 0.3) is 0 Å². The van der Waals surface area contributed by atoms with E-state index in [1.54, 1.807) is 13.8 Å². The van der Waals surface area contributed by atoms with Gasteiger partial charge in [0.05, 0.1) is 11.6 Å². The molecule has 0 saturated heterocycles. The molecule has 0 bridgehead atoms. The number of pyridine rings is 1. The van der Waals surface area contributed by atoms with Crippen molar-refractivity contribution >= 4 is 29.5 Å². The fourth-order valence-electron chi connectivity index (χ4n) is 4.46. The van der Waals surface area contributed by atoms with E-state index in [-0.39, 0.29) is 41.2 Å². The average molecular weight is 620 g/mol. The van der Waals surface area contributed by atoms with E-state index in [9.17, 15) is 29.2 Å². The maximum absolute atomic E-state index is 13.2. The predicted octanol–water partition coefficient (Wildman–Crippen LogP) is 0.755. The number of rotatable bonds is 18. The van der Waals surface area contributed by atoms with Crippen LogP contribution in [0.1, 0.15) is 85.5 Å². The van der Waals surface area contributed by atoms with Crippen molar-refractivity contribution in [2.45, 2.75) is 105 Å². The van der Waals surface area contributed by atoms with Crippen molar-refractivity contribution in [2.75, 3.05) is 13.1 Å². The lowest BCUT2D eigenvalue weighted by atomic mass is 9.97. The number of nitrogens with zero attached hydrogens (tertiary/aromatic N) is 1. The smallest absolute Gasteiger partial charge is 0.252 e. The normalized spacial score (nSPS) is 15.3. The Morgan fingerprint density at radius 1 is 0.750 bits per heavy atom. The minimum Gasteiger partial charge on any atom is -0.619 e. The van der Waals surface area contributed by atoms with E-state index < -0.39 is 41.9 Å². The number of amides is 5. The lowest BCUT2D eigenvalue weighted by Gasteiger charge is -2.28. The van der Waals surface area contributed by atoms with Gasteiger partial charge in [0.1, 0.15) is 18.1 Å². The first-order valence-corrected chi connectivity index (χ1v) is 15.5. The SMILES string of the molecule is CCNC(=O)[C@@H](NC(=O)[C@H](C)NC[C@H](CC(C)C)NC(=O)[C@H](C)NC(=O)[C@@H](NC(=O)c1cc[n+]([O-])cc1)[C@@H](C)CC)C(C)C. The third-order valence-corrected chi connectivity index (χ3v) is 7.36. The van der Waals surface area contributed by atoms with Crippen molar-refractivity contribution in [1.82, 2.24) is 31.9 Å². The number of carbonyl (C=O) groups is 5.